The second-order valence-electron chi connectivity index (χ2n) is 5.79. The summed E-state index contributed by atoms with van der Waals surface area (Å²) in [6.45, 7) is 10.0. The molecule has 0 aromatic rings. The zero-order valence-electron chi connectivity index (χ0n) is 11.7. The van der Waals surface area contributed by atoms with Crippen molar-refractivity contribution in [3.05, 3.63) is 0 Å². The molecular weight excluding hydrogens is 238 g/mol. The van der Waals surface area contributed by atoms with Crippen LogP contribution in [0.3, 0.4) is 0 Å². The first-order valence-corrected chi connectivity index (χ1v) is 5.62. The van der Waals surface area contributed by atoms with Gasteiger partial charge in [0.25, 0.3) is 0 Å². The van der Waals surface area contributed by atoms with Crippen molar-refractivity contribution < 1.29 is 23.9 Å². The van der Waals surface area contributed by atoms with Gasteiger partial charge in [0.1, 0.15) is 11.2 Å². The van der Waals surface area contributed by atoms with E-state index in [1.165, 1.54) is 0 Å². The van der Waals surface area contributed by atoms with E-state index < -0.39 is 29.3 Å². The largest absolute Gasteiger partial charge is 0.458 e. The van der Waals surface area contributed by atoms with Crippen LogP contribution in [0.1, 0.15) is 41.5 Å². The number of esters is 1. The lowest BCUT2D eigenvalue weighted by molar-refractivity contribution is -0.157. The summed E-state index contributed by atoms with van der Waals surface area (Å²) < 4.78 is 9.91. The molecule has 0 saturated heterocycles. The van der Waals surface area contributed by atoms with Gasteiger partial charge in [0.15, 0.2) is 12.3 Å². The number of ether oxygens (including phenoxy) is 2. The first-order valence-electron chi connectivity index (χ1n) is 5.62. The van der Waals surface area contributed by atoms with Crippen molar-refractivity contribution in [3.8, 4) is 0 Å². The molecule has 6 nitrogen and oxygen atoms in total. The Kier molecular flexibility index (Phi) is 5.32. The molecule has 0 rings (SSSR count). The van der Waals surface area contributed by atoms with E-state index in [0.717, 1.165) is 0 Å². The van der Waals surface area contributed by atoms with Gasteiger partial charge in [0, 0.05) is 0 Å². The van der Waals surface area contributed by atoms with Gasteiger partial charge in [-0.15, -0.1) is 0 Å². The minimum absolute atomic E-state index is 0.304. The number of hydrogen-bond acceptors (Lipinski definition) is 5. The molecule has 1 unspecified atom stereocenters. The van der Waals surface area contributed by atoms with E-state index in [2.05, 4.69) is 5.32 Å². The molecule has 0 aromatic heterocycles. The van der Waals surface area contributed by atoms with Gasteiger partial charge < -0.3 is 19.6 Å². The lowest BCUT2D eigenvalue weighted by atomic mass is 10.2. The lowest BCUT2D eigenvalue weighted by Crippen LogP contribution is -2.46. The third kappa shape index (κ3) is 7.65. The molecular formula is C12H21NO5. The van der Waals surface area contributed by atoms with E-state index in [1.54, 1.807) is 41.5 Å². The fourth-order valence-electron chi connectivity index (χ4n) is 0.948. The molecule has 0 aliphatic carbocycles. The standard InChI is InChI=1S/C12H21NO5/c1-11(2,3)17-9(15)8(7-14)13-10(16)18-12(4,5)6/h7-8H,1-6H3,(H,13,16). The fraction of sp³-hybridized carbons (Fsp3) is 0.750. The number of hydrogen-bond donors (Lipinski definition) is 1. The summed E-state index contributed by atoms with van der Waals surface area (Å²) in [5.74, 6) is -0.816. The average molecular weight is 259 g/mol. The topological polar surface area (TPSA) is 81.7 Å². The van der Waals surface area contributed by atoms with E-state index in [0.29, 0.717) is 6.29 Å². The van der Waals surface area contributed by atoms with Crippen molar-refractivity contribution in [2.75, 3.05) is 0 Å². The number of amides is 1. The molecule has 1 atom stereocenters. The predicted octanol–water partition coefficient (Wildman–Crippen LogP) is 1.42. The van der Waals surface area contributed by atoms with Gasteiger partial charge in [-0.05, 0) is 41.5 Å². The van der Waals surface area contributed by atoms with Crippen molar-refractivity contribution in [1.82, 2.24) is 5.32 Å². The van der Waals surface area contributed by atoms with E-state index in [1.807, 2.05) is 0 Å². The smallest absolute Gasteiger partial charge is 0.408 e. The Morgan fingerprint density at radius 2 is 1.44 bits per heavy atom. The Hall–Kier alpha value is -1.59. The average Bonchev–Trinajstić information content (AvgIpc) is 2.07. The van der Waals surface area contributed by atoms with Crippen molar-refractivity contribution in [2.45, 2.75) is 58.8 Å². The summed E-state index contributed by atoms with van der Waals surface area (Å²) in [5, 5.41) is 2.14. The van der Waals surface area contributed by atoms with Gasteiger partial charge >= 0.3 is 12.1 Å². The Morgan fingerprint density at radius 1 is 1.00 bits per heavy atom. The van der Waals surface area contributed by atoms with Crippen LogP contribution in [0.5, 0.6) is 0 Å². The second-order valence-corrected chi connectivity index (χ2v) is 5.79. The number of rotatable bonds is 3. The summed E-state index contributed by atoms with van der Waals surface area (Å²) in [5.41, 5.74) is -1.43. The molecule has 0 heterocycles. The molecule has 104 valence electrons. The highest BCUT2D eigenvalue weighted by Gasteiger charge is 2.28. The highest BCUT2D eigenvalue weighted by molar-refractivity contribution is 5.95. The summed E-state index contributed by atoms with van der Waals surface area (Å²) in [6.07, 6.45) is -0.539. The summed E-state index contributed by atoms with van der Waals surface area (Å²) in [6, 6.07) is -1.36. The number of nitrogens with one attached hydrogen (secondary N) is 1. The van der Waals surface area contributed by atoms with Crippen LogP contribution in [0, 0.1) is 0 Å². The summed E-state index contributed by atoms with van der Waals surface area (Å²) in [4.78, 5) is 33.7. The van der Waals surface area contributed by atoms with Crippen LogP contribution in [0.25, 0.3) is 0 Å². The normalized spacial score (nSPS) is 13.4. The summed E-state index contributed by atoms with van der Waals surface area (Å²) >= 11 is 0. The molecule has 0 aliphatic heterocycles. The number of alkyl carbamates (subject to hydrolysis) is 1. The molecule has 0 spiro atoms. The number of carbonyl (C=O) groups is 3. The van der Waals surface area contributed by atoms with Gasteiger partial charge in [-0.3, -0.25) is 0 Å². The van der Waals surface area contributed by atoms with Crippen LogP contribution in [0.15, 0.2) is 0 Å². The second kappa shape index (κ2) is 5.84. The van der Waals surface area contributed by atoms with Crippen molar-refractivity contribution in [3.63, 3.8) is 0 Å². The number of aldehydes is 1. The fourth-order valence-corrected chi connectivity index (χ4v) is 0.948. The van der Waals surface area contributed by atoms with Gasteiger partial charge in [-0.2, -0.15) is 0 Å². The Balaban J connectivity index is 4.48. The van der Waals surface area contributed by atoms with Crippen LogP contribution in [0.4, 0.5) is 4.79 Å². The molecule has 0 radical (unpaired) electrons. The molecule has 0 saturated carbocycles. The molecule has 1 amide bonds. The zero-order chi connectivity index (χ0) is 14.6. The Morgan fingerprint density at radius 3 is 1.78 bits per heavy atom. The maximum Gasteiger partial charge on any atom is 0.408 e. The molecule has 0 aliphatic rings. The minimum atomic E-state index is -1.36. The van der Waals surface area contributed by atoms with Gasteiger partial charge in [-0.1, -0.05) is 0 Å². The maximum absolute atomic E-state index is 11.6. The first kappa shape index (κ1) is 16.4. The van der Waals surface area contributed by atoms with Gasteiger partial charge in [0.2, 0.25) is 0 Å². The summed E-state index contributed by atoms with van der Waals surface area (Å²) in [7, 11) is 0. The number of carbonyl (C=O) groups excluding carboxylic acids is 3. The molecule has 0 bridgehead atoms. The molecule has 1 N–H and O–H groups in total. The highest BCUT2D eigenvalue weighted by Crippen LogP contribution is 2.09. The van der Waals surface area contributed by atoms with E-state index in [9.17, 15) is 14.4 Å². The third-order valence-electron chi connectivity index (χ3n) is 1.47. The monoisotopic (exact) mass is 259 g/mol. The van der Waals surface area contributed by atoms with Gasteiger partial charge in [-0.25, -0.2) is 9.59 Å². The van der Waals surface area contributed by atoms with E-state index >= 15 is 0 Å². The maximum atomic E-state index is 11.6. The zero-order valence-corrected chi connectivity index (χ0v) is 11.7. The Labute approximate surface area is 107 Å². The van der Waals surface area contributed by atoms with Crippen LogP contribution in [-0.2, 0) is 19.1 Å². The predicted molar refractivity (Wildman–Crippen MR) is 65.1 cm³/mol. The van der Waals surface area contributed by atoms with E-state index in [4.69, 9.17) is 9.47 Å². The van der Waals surface area contributed by atoms with Crippen molar-refractivity contribution in [2.24, 2.45) is 0 Å². The highest BCUT2D eigenvalue weighted by atomic mass is 16.6. The SMILES string of the molecule is CC(C)(C)OC(=O)NC(C=O)C(=O)OC(C)(C)C. The minimum Gasteiger partial charge on any atom is -0.458 e. The third-order valence-corrected chi connectivity index (χ3v) is 1.47. The molecule has 6 heteroatoms. The molecule has 18 heavy (non-hydrogen) atoms. The van der Waals surface area contributed by atoms with Crippen LogP contribution in [-0.4, -0.2) is 35.6 Å². The first-order chi connectivity index (χ1) is 7.94. The molecule has 0 fully saturated rings. The van der Waals surface area contributed by atoms with Crippen LogP contribution in [0.2, 0.25) is 0 Å². The van der Waals surface area contributed by atoms with E-state index in [-0.39, 0.29) is 0 Å². The molecule has 0 aromatic carbocycles. The Bertz CT molecular complexity index is 324. The van der Waals surface area contributed by atoms with Gasteiger partial charge in [0.05, 0.1) is 0 Å². The van der Waals surface area contributed by atoms with Crippen molar-refractivity contribution in [1.29, 1.82) is 0 Å². The quantitative estimate of drug-likeness (QED) is 0.471. The lowest BCUT2D eigenvalue weighted by Gasteiger charge is -2.24. The van der Waals surface area contributed by atoms with Crippen LogP contribution >= 0.6 is 0 Å². The van der Waals surface area contributed by atoms with Crippen LogP contribution < -0.4 is 5.32 Å². The van der Waals surface area contributed by atoms with Crippen molar-refractivity contribution >= 4 is 18.3 Å².